The van der Waals surface area contributed by atoms with Gasteiger partial charge in [-0.05, 0) is 25.7 Å². The quantitative estimate of drug-likeness (QED) is 0.581. The number of nitrogens with zero attached hydrogens (tertiary/aromatic N) is 1. The zero-order chi connectivity index (χ0) is 15.7. The van der Waals surface area contributed by atoms with E-state index in [2.05, 4.69) is 5.32 Å². The Bertz CT molecular complexity index is 345. The van der Waals surface area contributed by atoms with E-state index in [1.807, 2.05) is 13.8 Å². The van der Waals surface area contributed by atoms with Crippen molar-refractivity contribution in [3.63, 3.8) is 0 Å². The van der Waals surface area contributed by atoms with Gasteiger partial charge in [0.2, 0.25) is 5.91 Å². The largest absolute Gasteiger partial charge is 0.481 e. The van der Waals surface area contributed by atoms with Crippen molar-refractivity contribution in [3.8, 4) is 0 Å². The van der Waals surface area contributed by atoms with Gasteiger partial charge in [0.15, 0.2) is 0 Å². The first kappa shape index (κ1) is 18.2. The molecule has 0 heterocycles. The number of nitrogens with two attached hydrogens (primary N) is 1. The average Bonchev–Trinajstić information content (AvgIpc) is 2.25. The Morgan fingerprint density at radius 1 is 1.25 bits per heavy atom. The number of rotatable bonds is 9. The van der Waals surface area contributed by atoms with Crippen LogP contribution in [0, 0.1) is 5.92 Å². The smallest absolute Gasteiger partial charge is 0.318 e. The number of hydrogen-bond acceptors (Lipinski definition) is 3. The monoisotopic (exact) mass is 287 g/mol. The molecule has 0 saturated heterocycles. The summed E-state index contributed by atoms with van der Waals surface area (Å²) in [5.74, 6) is -1.18. The molecule has 0 fully saturated rings. The van der Waals surface area contributed by atoms with E-state index < -0.39 is 11.9 Å². The lowest BCUT2D eigenvalue weighted by molar-refractivity contribution is -0.137. The maximum Gasteiger partial charge on any atom is 0.318 e. The predicted octanol–water partition coefficient (Wildman–Crippen LogP) is 0.783. The molecular weight excluding hydrogens is 262 g/mol. The van der Waals surface area contributed by atoms with Gasteiger partial charge < -0.3 is 21.1 Å². The van der Waals surface area contributed by atoms with Gasteiger partial charge in [0.05, 0.1) is 0 Å². The molecule has 0 saturated carbocycles. The third-order valence-corrected chi connectivity index (χ3v) is 2.62. The molecule has 0 rings (SSSR count). The molecule has 116 valence electrons. The fraction of sp³-hybridized carbons (Fsp3) is 0.769. The zero-order valence-corrected chi connectivity index (χ0v) is 12.4. The second kappa shape index (κ2) is 9.17. The van der Waals surface area contributed by atoms with Crippen LogP contribution in [0.5, 0.6) is 0 Å². The molecule has 1 unspecified atom stereocenters. The lowest BCUT2D eigenvalue weighted by atomic mass is 10.1. The highest BCUT2D eigenvalue weighted by Crippen LogP contribution is 2.03. The first-order valence-electron chi connectivity index (χ1n) is 6.78. The van der Waals surface area contributed by atoms with Gasteiger partial charge in [0.1, 0.15) is 6.54 Å². The highest BCUT2D eigenvalue weighted by molar-refractivity contribution is 5.83. The van der Waals surface area contributed by atoms with Crippen LogP contribution in [0.25, 0.3) is 0 Å². The van der Waals surface area contributed by atoms with E-state index in [0.717, 1.165) is 0 Å². The maximum absolute atomic E-state index is 12.0. The van der Waals surface area contributed by atoms with Crippen molar-refractivity contribution in [2.75, 3.05) is 13.1 Å². The predicted molar refractivity (Wildman–Crippen MR) is 75.1 cm³/mol. The van der Waals surface area contributed by atoms with E-state index in [0.29, 0.717) is 19.4 Å². The van der Waals surface area contributed by atoms with Crippen molar-refractivity contribution in [2.24, 2.45) is 11.7 Å². The molecule has 0 aliphatic carbocycles. The van der Waals surface area contributed by atoms with E-state index in [4.69, 9.17) is 10.8 Å². The highest BCUT2D eigenvalue weighted by atomic mass is 16.4. The highest BCUT2D eigenvalue weighted by Gasteiger charge is 2.18. The Balaban J connectivity index is 4.28. The normalized spacial score (nSPS) is 12.0. The number of primary amides is 1. The average molecular weight is 287 g/mol. The second-order valence-corrected chi connectivity index (χ2v) is 5.38. The lowest BCUT2D eigenvalue weighted by Crippen LogP contribution is -2.48. The second-order valence-electron chi connectivity index (χ2n) is 5.38. The number of amides is 3. The van der Waals surface area contributed by atoms with Gasteiger partial charge in [0, 0.05) is 19.0 Å². The van der Waals surface area contributed by atoms with Gasteiger partial charge in [-0.25, -0.2) is 4.79 Å². The Morgan fingerprint density at radius 2 is 1.85 bits per heavy atom. The summed E-state index contributed by atoms with van der Waals surface area (Å²) < 4.78 is 0. The van der Waals surface area contributed by atoms with Gasteiger partial charge in [0.25, 0.3) is 0 Å². The summed E-state index contributed by atoms with van der Waals surface area (Å²) >= 11 is 0. The molecule has 0 spiro atoms. The number of carbonyl (C=O) groups is 3. The lowest BCUT2D eigenvalue weighted by Gasteiger charge is -2.25. The summed E-state index contributed by atoms with van der Waals surface area (Å²) in [6, 6.07) is -0.496. The first-order valence-corrected chi connectivity index (χ1v) is 6.78. The van der Waals surface area contributed by atoms with Gasteiger partial charge in [-0.2, -0.15) is 0 Å². The third-order valence-electron chi connectivity index (χ3n) is 2.62. The van der Waals surface area contributed by atoms with E-state index in [1.165, 1.54) is 4.90 Å². The molecule has 7 heteroatoms. The summed E-state index contributed by atoms with van der Waals surface area (Å²) in [4.78, 5) is 34.8. The van der Waals surface area contributed by atoms with E-state index in [9.17, 15) is 14.4 Å². The van der Waals surface area contributed by atoms with Crippen molar-refractivity contribution in [2.45, 2.75) is 46.1 Å². The molecule has 0 radical (unpaired) electrons. The standard InChI is InChI=1S/C13H25N3O4/c1-9(2)7-16(8-11(14)17)13(20)15-10(3)5-4-6-12(18)19/h9-10H,4-8H2,1-3H3,(H2,14,17)(H,15,20)(H,18,19). The van der Waals surface area contributed by atoms with Crippen molar-refractivity contribution in [1.82, 2.24) is 10.2 Å². The van der Waals surface area contributed by atoms with Gasteiger partial charge >= 0.3 is 12.0 Å². The van der Waals surface area contributed by atoms with Crippen LogP contribution in [-0.2, 0) is 9.59 Å². The van der Waals surface area contributed by atoms with Gasteiger partial charge in [-0.1, -0.05) is 13.8 Å². The minimum Gasteiger partial charge on any atom is -0.481 e. The molecule has 0 aromatic carbocycles. The minimum absolute atomic E-state index is 0.0806. The first-order chi connectivity index (χ1) is 9.22. The van der Waals surface area contributed by atoms with Crippen LogP contribution < -0.4 is 11.1 Å². The molecule has 0 aromatic heterocycles. The fourth-order valence-electron chi connectivity index (χ4n) is 1.78. The Hall–Kier alpha value is -1.79. The van der Waals surface area contributed by atoms with Crippen LogP contribution in [0.1, 0.15) is 40.0 Å². The number of carboxylic acids is 1. The molecule has 0 aliphatic rings. The number of carboxylic acid groups (broad SMARTS) is 1. The van der Waals surface area contributed by atoms with Crippen LogP contribution in [0.2, 0.25) is 0 Å². The molecule has 7 nitrogen and oxygen atoms in total. The number of aliphatic carboxylic acids is 1. The van der Waals surface area contributed by atoms with E-state index >= 15 is 0 Å². The van der Waals surface area contributed by atoms with Crippen molar-refractivity contribution >= 4 is 17.9 Å². The summed E-state index contributed by atoms with van der Waals surface area (Å²) in [5.41, 5.74) is 5.13. The summed E-state index contributed by atoms with van der Waals surface area (Å²) in [6.45, 7) is 6.01. The molecule has 0 bridgehead atoms. The van der Waals surface area contributed by atoms with Crippen LogP contribution in [0.4, 0.5) is 4.79 Å². The topological polar surface area (TPSA) is 113 Å². The number of hydrogen-bond donors (Lipinski definition) is 3. The molecule has 20 heavy (non-hydrogen) atoms. The molecule has 0 aliphatic heterocycles. The Labute approximate surface area is 119 Å². The van der Waals surface area contributed by atoms with Crippen molar-refractivity contribution in [1.29, 1.82) is 0 Å². The summed E-state index contributed by atoms with van der Waals surface area (Å²) in [5, 5.41) is 11.3. The van der Waals surface area contributed by atoms with Gasteiger partial charge in [-0.3, -0.25) is 9.59 Å². The van der Waals surface area contributed by atoms with Crippen LogP contribution in [0.3, 0.4) is 0 Å². The van der Waals surface area contributed by atoms with Crippen LogP contribution in [0.15, 0.2) is 0 Å². The molecule has 4 N–H and O–H groups in total. The molecular formula is C13H25N3O4. The Morgan fingerprint density at radius 3 is 2.30 bits per heavy atom. The van der Waals surface area contributed by atoms with Crippen LogP contribution in [-0.4, -0.2) is 47.0 Å². The van der Waals surface area contributed by atoms with Gasteiger partial charge in [-0.15, -0.1) is 0 Å². The third kappa shape index (κ3) is 9.18. The maximum atomic E-state index is 12.0. The number of urea groups is 1. The molecule has 1 atom stereocenters. The molecule has 0 aromatic rings. The summed E-state index contributed by atoms with van der Waals surface area (Å²) in [6.07, 6.45) is 1.15. The van der Waals surface area contributed by atoms with E-state index in [-0.39, 0.29) is 31.0 Å². The minimum atomic E-state index is -0.848. The Kier molecular flexibility index (Phi) is 8.35. The summed E-state index contributed by atoms with van der Waals surface area (Å²) in [7, 11) is 0. The number of nitrogens with one attached hydrogen (secondary N) is 1. The fourth-order valence-corrected chi connectivity index (χ4v) is 1.78. The number of carbonyl (C=O) groups excluding carboxylic acids is 2. The zero-order valence-electron chi connectivity index (χ0n) is 12.4. The SMILES string of the molecule is CC(C)CN(CC(N)=O)C(=O)NC(C)CCCC(=O)O. The van der Waals surface area contributed by atoms with Crippen molar-refractivity contribution in [3.05, 3.63) is 0 Å². The van der Waals surface area contributed by atoms with E-state index in [1.54, 1.807) is 6.92 Å². The van der Waals surface area contributed by atoms with Crippen LogP contribution >= 0.6 is 0 Å². The molecule has 3 amide bonds. The van der Waals surface area contributed by atoms with Crippen molar-refractivity contribution < 1.29 is 19.5 Å².